The summed E-state index contributed by atoms with van der Waals surface area (Å²) in [4.78, 5) is 26.2. The molecule has 39 heavy (non-hydrogen) atoms. The van der Waals surface area contributed by atoms with Gasteiger partial charge in [0.25, 0.3) is 5.91 Å². The van der Waals surface area contributed by atoms with Gasteiger partial charge in [0, 0.05) is 30.8 Å². The number of hydrogen-bond donors (Lipinski definition) is 2. The van der Waals surface area contributed by atoms with Gasteiger partial charge in [-0.2, -0.15) is 0 Å². The molecule has 0 saturated carbocycles. The summed E-state index contributed by atoms with van der Waals surface area (Å²) in [6.07, 6.45) is 6.99. The van der Waals surface area contributed by atoms with E-state index in [1.165, 1.54) is 0 Å². The van der Waals surface area contributed by atoms with Crippen LogP contribution in [0.25, 0.3) is 11.2 Å². The zero-order valence-corrected chi connectivity index (χ0v) is 22.3. The van der Waals surface area contributed by atoms with Crippen LogP contribution in [-0.4, -0.2) is 39.6 Å². The maximum atomic E-state index is 12.7. The van der Waals surface area contributed by atoms with Crippen molar-refractivity contribution >= 4 is 28.6 Å². The molecule has 0 spiro atoms. The minimum absolute atomic E-state index is 0.0801. The van der Waals surface area contributed by atoms with Gasteiger partial charge in [-0.1, -0.05) is 18.2 Å². The van der Waals surface area contributed by atoms with Gasteiger partial charge in [-0.15, -0.1) is 0 Å². The molecular weight excluding hydrogens is 492 g/mol. The first-order valence-electron chi connectivity index (χ1n) is 12.6. The highest BCUT2D eigenvalue weighted by Crippen LogP contribution is 2.28. The Bertz CT molecular complexity index is 1630. The second-order valence-corrected chi connectivity index (χ2v) is 9.29. The number of carbonyl (C=O) groups excluding carboxylic acids is 1. The second kappa shape index (κ2) is 11.2. The van der Waals surface area contributed by atoms with Crippen molar-refractivity contribution in [2.75, 3.05) is 24.9 Å². The van der Waals surface area contributed by atoms with Gasteiger partial charge >= 0.3 is 0 Å². The molecule has 0 unspecified atom stereocenters. The van der Waals surface area contributed by atoms with Gasteiger partial charge in [0.2, 0.25) is 0 Å². The summed E-state index contributed by atoms with van der Waals surface area (Å²) in [6, 6.07) is 17.3. The maximum absolute atomic E-state index is 12.7. The Morgan fingerprint density at radius 1 is 1.00 bits per heavy atom. The van der Waals surface area contributed by atoms with E-state index in [1.54, 1.807) is 32.8 Å². The molecule has 3 heterocycles. The molecule has 1 amide bonds. The predicted molar refractivity (Wildman–Crippen MR) is 152 cm³/mol. The van der Waals surface area contributed by atoms with Crippen molar-refractivity contribution in [1.82, 2.24) is 19.5 Å². The van der Waals surface area contributed by atoms with E-state index in [4.69, 9.17) is 14.5 Å². The number of aromatic nitrogens is 4. The Morgan fingerprint density at radius 3 is 2.64 bits per heavy atom. The minimum Gasteiger partial charge on any atom is -0.493 e. The molecule has 5 aromatic rings. The molecule has 0 radical (unpaired) electrons. The number of fused-ring (bicyclic) bond motifs is 1. The third-order valence-corrected chi connectivity index (χ3v) is 6.41. The fourth-order valence-electron chi connectivity index (χ4n) is 4.39. The number of hydrogen-bond acceptors (Lipinski definition) is 7. The van der Waals surface area contributed by atoms with Crippen molar-refractivity contribution in [3.8, 4) is 11.5 Å². The number of benzene rings is 2. The number of amides is 1. The summed E-state index contributed by atoms with van der Waals surface area (Å²) in [5.74, 6) is 1.83. The number of nitrogens with zero attached hydrogens (tertiary/aromatic N) is 4. The van der Waals surface area contributed by atoms with Crippen molar-refractivity contribution in [2.24, 2.45) is 0 Å². The summed E-state index contributed by atoms with van der Waals surface area (Å²) >= 11 is 0. The molecular formula is C30H30N6O3. The molecule has 5 rings (SSSR count). The molecule has 9 nitrogen and oxygen atoms in total. The molecule has 0 fully saturated rings. The number of aryl methyl sites for hydroxylation is 1. The van der Waals surface area contributed by atoms with Gasteiger partial charge in [0.1, 0.15) is 11.3 Å². The highest BCUT2D eigenvalue weighted by Gasteiger charge is 2.13. The lowest BCUT2D eigenvalue weighted by molar-refractivity contribution is 0.102. The number of carbonyl (C=O) groups is 1. The molecule has 2 N–H and O–H groups in total. The van der Waals surface area contributed by atoms with Gasteiger partial charge in [-0.3, -0.25) is 9.78 Å². The lowest BCUT2D eigenvalue weighted by Gasteiger charge is -2.16. The second-order valence-electron chi connectivity index (χ2n) is 9.29. The van der Waals surface area contributed by atoms with Gasteiger partial charge in [-0.05, 0) is 66.9 Å². The average molecular weight is 523 g/mol. The number of anilines is 2. The molecule has 0 aliphatic rings. The van der Waals surface area contributed by atoms with E-state index in [-0.39, 0.29) is 11.9 Å². The topological polar surface area (TPSA) is 103 Å². The van der Waals surface area contributed by atoms with Gasteiger partial charge in [-0.25, -0.2) is 9.97 Å². The molecule has 0 saturated heterocycles. The Kier molecular flexibility index (Phi) is 7.40. The van der Waals surface area contributed by atoms with Crippen molar-refractivity contribution in [2.45, 2.75) is 26.4 Å². The summed E-state index contributed by atoms with van der Waals surface area (Å²) in [7, 11) is 3.25. The van der Waals surface area contributed by atoms with Crippen LogP contribution >= 0.6 is 0 Å². The van der Waals surface area contributed by atoms with Crippen LogP contribution in [0, 0.1) is 6.92 Å². The SMILES string of the molecule is COc1ccc(Cn2ccc3ncc(N[C@@H](C)c4cccc(NC(=O)c5cncc(C)c5)c4)nc32)cc1OC. The third-order valence-electron chi connectivity index (χ3n) is 6.41. The van der Waals surface area contributed by atoms with Gasteiger partial charge in [0.05, 0.1) is 32.0 Å². The quantitative estimate of drug-likeness (QED) is 0.259. The molecule has 9 heteroatoms. The fraction of sp³-hybridized carbons (Fsp3) is 0.200. The number of rotatable bonds is 9. The van der Waals surface area contributed by atoms with Crippen LogP contribution < -0.4 is 20.1 Å². The smallest absolute Gasteiger partial charge is 0.257 e. The third kappa shape index (κ3) is 5.82. The standard InChI is InChI=1S/C30H30N6O3/c1-19-12-23(16-31-15-19)30(37)34-24-7-5-6-22(14-24)20(2)33-28-17-32-25-10-11-36(29(25)35-28)18-21-8-9-26(38-3)27(13-21)39-4/h5-17,20H,18H2,1-4H3,(H,33,35)(H,34,37)/t20-/m0/s1. The fourth-order valence-corrected chi connectivity index (χ4v) is 4.39. The first kappa shape index (κ1) is 25.7. The van der Waals surface area contributed by atoms with Crippen LogP contribution in [0.1, 0.15) is 40.0 Å². The summed E-state index contributed by atoms with van der Waals surface area (Å²) < 4.78 is 12.8. The molecule has 0 bridgehead atoms. The van der Waals surface area contributed by atoms with Crippen molar-refractivity contribution < 1.29 is 14.3 Å². The Labute approximate surface area is 226 Å². The Morgan fingerprint density at radius 2 is 1.85 bits per heavy atom. The van der Waals surface area contributed by atoms with E-state index in [1.807, 2.05) is 74.6 Å². The molecule has 2 aromatic carbocycles. The summed E-state index contributed by atoms with van der Waals surface area (Å²) in [5.41, 5.74) is 5.79. The zero-order chi connectivity index (χ0) is 27.4. The molecule has 0 aliphatic heterocycles. The monoisotopic (exact) mass is 522 g/mol. The van der Waals surface area contributed by atoms with E-state index in [0.717, 1.165) is 27.9 Å². The normalized spacial score (nSPS) is 11.7. The van der Waals surface area contributed by atoms with Crippen LogP contribution in [0.3, 0.4) is 0 Å². The number of ether oxygens (including phenoxy) is 2. The van der Waals surface area contributed by atoms with Crippen LogP contribution in [0.5, 0.6) is 11.5 Å². The van der Waals surface area contributed by atoms with Crippen LogP contribution in [-0.2, 0) is 6.54 Å². The van der Waals surface area contributed by atoms with Gasteiger partial charge < -0.3 is 24.7 Å². The number of methoxy groups -OCH3 is 2. The summed E-state index contributed by atoms with van der Waals surface area (Å²) in [5, 5.41) is 6.39. The lowest BCUT2D eigenvalue weighted by atomic mass is 10.1. The van der Waals surface area contributed by atoms with Crippen molar-refractivity contribution in [1.29, 1.82) is 0 Å². The largest absolute Gasteiger partial charge is 0.493 e. The van der Waals surface area contributed by atoms with Gasteiger partial charge in [0.15, 0.2) is 17.1 Å². The number of nitrogens with one attached hydrogen (secondary N) is 2. The van der Waals surface area contributed by atoms with E-state index in [2.05, 4.69) is 25.2 Å². The van der Waals surface area contributed by atoms with Crippen LogP contribution in [0.15, 0.2) is 79.4 Å². The van der Waals surface area contributed by atoms with Crippen molar-refractivity contribution in [3.05, 3.63) is 102 Å². The Balaban J connectivity index is 1.31. The Hall–Kier alpha value is -4.92. The molecule has 3 aromatic heterocycles. The van der Waals surface area contributed by atoms with Crippen molar-refractivity contribution in [3.63, 3.8) is 0 Å². The van der Waals surface area contributed by atoms with E-state index in [9.17, 15) is 4.79 Å². The maximum Gasteiger partial charge on any atom is 0.257 e. The average Bonchev–Trinajstić information content (AvgIpc) is 3.34. The van der Waals surface area contributed by atoms with Crippen LogP contribution in [0.4, 0.5) is 11.5 Å². The first-order chi connectivity index (χ1) is 18.9. The first-order valence-corrected chi connectivity index (χ1v) is 12.6. The summed E-state index contributed by atoms with van der Waals surface area (Å²) in [6.45, 7) is 4.56. The highest BCUT2D eigenvalue weighted by atomic mass is 16.5. The van der Waals surface area contributed by atoms with E-state index < -0.39 is 0 Å². The minimum atomic E-state index is -0.199. The molecule has 1 atom stereocenters. The lowest BCUT2D eigenvalue weighted by Crippen LogP contribution is -2.13. The molecule has 198 valence electrons. The molecule has 0 aliphatic carbocycles. The predicted octanol–water partition coefficient (Wildman–Crippen LogP) is 5.63. The van der Waals surface area contributed by atoms with E-state index in [0.29, 0.717) is 35.1 Å². The highest BCUT2D eigenvalue weighted by molar-refractivity contribution is 6.04. The van der Waals surface area contributed by atoms with E-state index >= 15 is 0 Å². The van der Waals surface area contributed by atoms with Crippen LogP contribution in [0.2, 0.25) is 0 Å². The zero-order valence-electron chi connectivity index (χ0n) is 22.3. The number of pyridine rings is 1.